The molecule has 0 amide bonds. The summed E-state index contributed by atoms with van der Waals surface area (Å²) >= 11 is 2.92. The Morgan fingerprint density at radius 3 is 2.81 bits per heavy atom. The first kappa shape index (κ1) is 11.2. The van der Waals surface area contributed by atoms with E-state index in [1.54, 1.807) is 11.3 Å². The van der Waals surface area contributed by atoms with Crippen LogP contribution in [0, 0.1) is 5.41 Å². The highest BCUT2D eigenvalue weighted by Gasteiger charge is 2.04. The van der Waals surface area contributed by atoms with Gasteiger partial charge in [-0.25, -0.2) is 4.98 Å². The van der Waals surface area contributed by atoms with Gasteiger partial charge in [0.1, 0.15) is 5.01 Å². The zero-order valence-electron chi connectivity index (χ0n) is 8.51. The minimum absolute atomic E-state index is 0.134. The maximum atomic E-state index is 7.13. The molecule has 5 heteroatoms. The van der Waals surface area contributed by atoms with Gasteiger partial charge in [-0.05, 0) is 0 Å². The van der Waals surface area contributed by atoms with Gasteiger partial charge in [0.05, 0.1) is 5.69 Å². The van der Waals surface area contributed by atoms with E-state index >= 15 is 0 Å². The predicted octanol–water partition coefficient (Wildman–Crippen LogP) is 2.94. The van der Waals surface area contributed by atoms with Gasteiger partial charge in [0.2, 0.25) is 0 Å². The van der Waals surface area contributed by atoms with Crippen LogP contribution in [-0.2, 0) is 5.75 Å². The molecule has 1 aromatic carbocycles. The van der Waals surface area contributed by atoms with E-state index in [4.69, 9.17) is 11.1 Å². The normalized spacial score (nSPS) is 10.2. The van der Waals surface area contributed by atoms with Gasteiger partial charge in [-0.3, -0.25) is 5.41 Å². The summed E-state index contributed by atoms with van der Waals surface area (Å²) in [4.78, 5) is 4.50. The molecule has 0 aliphatic carbocycles. The van der Waals surface area contributed by atoms with Crippen molar-refractivity contribution in [2.75, 3.05) is 0 Å². The first-order chi connectivity index (χ1) is 7.75. The molecule has 2 aromatic rings. The van der Waals surface area contributed by atoms with E-state index in [0.29, 0.717) is 5.75 Å². The van der Waals surface area contributed by atoms with Crippen molar-refractivity contribution in [1.82, 2.24) is 4.98 Å². The van der Waals surface area contributed by atoms with Crippen LogP contribution in [0.1, 0.15) is 5.69 Å². The van der Waals surface area contributed by atoms with Gasteiger partial charge in [-0.1, -0.05) is 42.1 Å². The van der Waals surface area contributed by atoms with Crippen LogP contribution in [-0.4, -0.2) is 10.2 Å². The summed E-state index contributed by atoms with van der Waals surface area (Å²) in [5.41, 5.74) is 7.39. The fourth-order valence-electron chi connectivity index (χ4n) is 1.24. The topological polar surface area (TPSA) is 62.8 Å². The molecule has 0 spiro atoms. The Morgan fingerprint density at radius 1 is 1.38 bits per heavy atom. The van der Waals surface area contributed by atoms with Crippen molar-refractivity contribution in [2.45, 2.75) is 5.75 Å². The Labute approximate surface area is 102 Å². The highest BCUT2D eigenvalue weighted by Crippen LogP contribution is 2.24. The number of hydrogen-bond donors (Lipinski definition) is 2. The monoisotopic (exact) mass is 249 g/mol. The van der Waals surface area contributed by atoms with Crippen molar-refractivity contribution in [3.63, 3.8) is 0 Å². The quantitative estimate of drug-likeness (QED) is 0.649. The summed E-state index contributed by atoms with van der Waals surface area (Å²) in [6.07, 6.45) is 0. The molecule has 0 atom stereocenters. The van der Waals surface area contributed by atoms with Gasteiger partial charge >= 0.3 is 0 Å². The molecule has 0 saturated heterocycles. The molecule has 1 aromatic heterocycles. The smallest absolute Gasteiger partial charge is 0.151 e. The molecule has 16 heavy (non-hydrogen) atoms. The molecule has 0 aliphatic rings. The molecule has 0 radical (unpaired) electrons. The van der Waals surface area contributed by atoms with Crippen molar-refractivity contribution in [3.8, 4) is 10.6 Å². The Kier molecular flexibility index (Phi) is 3.58. The predicted molar refractivity (Wildman–Crippen MR) is 70.8 cm³/mol. The van der Waals surface area contributed by atoms with E-state index in [2.05, 4.69) is 4.98 Å². The second-order valence-corrected chi connectivity index (χ2v) is 5.04. The molecular weight excluding hydrogens is 238 g/mol. The van der Waals surface area contributed by atoms with Crippen molar-refractivity contribution in [1.29, 1.82) is 5.41 Å². The standard InChI is InChI=1S/C11H11N3S2/c12-11(13)16-7-9-6-15-10(14-9)8-4-2-1-3-5-8/h1-6H,7H2,(H3,12,13). The third-order valence-electron chi connectivity index (χ3n) is 1.95. The molecule has 0 fully saturated rings. The summed E-state index contributed by atoms with van der Waals surface area (Å²) < 4.78 is 0. The van der Waals surface area contributed by atoms with Gasteiger partial charge in [0, 0.05) is 16.7 Å². The number of amidine groups is 1. The zero-order valence-corrected chi connectivity index (χ0v) is 10.1. The molecule has 0 saturated carbocycles. The number of rotatable bonds is 3. The second kappa shape index (κ2) is 5.14. The maximum absolute atomic E-state index is 7.13. The van der Waals surface area contributed by atoms with E-state index in [0.717, 1.165) is 16.3 Å². The van der Waals surface area contributed by atoms with Crippen LogP contribution in [0.3, 0.4) is 0 Å². The second-order valence-electron chi connectivity index (χ2n) is 3.16. The Morgan fingerprint density at radius 2 is 2.12 bits per heavy atom. The van der Waals surface area contributed by atoms with E-state index in [9.17, 15) is 0 Å². The van der Waals surface area contributed by atoms with Crippen LogP contribution in [0.25, 0.3) is 10.6 Å². The minimum Gasteiger partial charge on any atom is -0.379 e. The third-order valence-corrected chi connectivity index (χ3v) is 3.64. The number of benzene rings is 1. The van der Waals surface area contributed by atoms with Crippen molar-refractivity contribution < 1.29 is 0 Å². The minimum atomic E-state index is 0.134. The van der Waals surface area contributed by atoms with E-state index in [1.807, 2.05) is 35.7 Å². The fraction of sp³-hybridized carbons (Fsp3) is 0.0909. The van der Waals surface area contributed by atoms with Crippen LogP contribution < -0.4 is 5.73 Å². The van der Waals surface area contributed by atoms with Gasteiger partial charge in [-0.15, -0.1) is 11.3 Å². The summed E-state index contributed by atoms with van der Waals surface area (Å²) in [6.45, 7) is 0. The van der Waals surface area contributed by atoms with Crippen LogP contribution in [0.5, 0.6) is 0 Å². The van der Waals surface area contributed by atoms with E-state index < -0.39 is 0 Å². The average molecular weight is 249 g/mol. The highest BCUT2D eigenvalue weighted by molar-refractivity contribution is 8.13. The lowest BCUT2D eigenvalue weighted by Crippen LogP contribution is -2.03. The molecule has 0 unspecified atom stereocenters. The molecule has 2 rings (SSSR count). The SMILES string of the molecule is N=C(N)SCc1csc(-c2ccccc2)n1. The fourth-order valence-corrected chi connectivity index (χ4v) is 2.62. The summed E-state index contributed by atoms with van der Waals surface area (Å²) in [5.74, 6) is 0.665. The number of nitrogens with one attached hydrogen (secondary N) is 1. The van der Waals surface area contributed by atoms with Crippen molar-refractivity contribution in [3.05, 3.63) is 41.4 Å². The molecule has 3 N–H and O–H groups in total. The van der Waals surface area contributed by atoms with E-state index in [-0.39, 0.29) is 5.17 Å². The number of thioether (sulfide) groups is 1. The average Bonchev–Trinajstić information content (AvgIpc) is 2.76. The lowest BCUT2D eigenvalue weighted by atomic mass is 10.2. The number of nitrogens with zero attached hydrogens (tertiary/aromatic N) is 1. The van der Waals surface area contributed by atoms with Gasteiger partial charge in [-0.2, -0.15) is 0 Å². The number of aromatic nitrogens is 1. The van der Waals surface area contributed by atoms with Gasteiger partial charge in [0.15, 0.2) is 5.17 Å². The first-order valence-corrected chi connectivity index (χ1v) is 6.59. The highest BCUT2D eigenvalue weighted by atomic mass is 32.2. The van der Waals surface area contributed by atoms with Crippen LogP contribution in [0.15, 0.2) is 35.7 Å². The molecule has 0 bridgehead atoms. The van der Waals surface area contributed by atoms with Crippen LogP contribution in [0.4, 0.5) is 0 Å². The summed E-state index contributed by atoms with van der Waals surface area (Å²) in [5, 5.41) is 10.3. The van der Waals surface area contributed by atoms with Gasteiger partial charge < -0.3 is 5.73 Å². The van der Waals surface area contributed by atoms with Gasteiger partial charge in [0.25, 0.3) is 0 Å². The molecule has 82 valence electrons. The van der Waals surface area contributed by atoms with E-state index in [1.165, 1.54) is 11.8 Å². The first-order valence-electron chi connectivity index (χ1n) is 4.72. The number of nitrogens with two attached hydrogens (primary N) is 1. The largest absolute Gasteiger partial charge is 0.379 e. The molecule has 0 aliphatic heterocycles. The van der Waals surface area contributed by atoms with Crippen molar-refractivity contribution >= 4 is 28.3 Å². The maximum Gasteiger partial charge on any atom is 0.151 e. The number of hydrogen-bond acceptors (Lipinski definition) is 4. The zero-order chi connectivity index (χ0) is 11.4. The molecular formula is C11H11N3S2. The van der Waals surface area contributed by atoms with Crippen LogP contribution >= 0.6 is 23.1 Å². The number of thiazole rings is 1. The Hall–Kier alpha value is -1.33. The Bertz CT molecular complexity index is 479. The van der Waals surface area contributed by atoms with Crippen LogP contribution in [0.2, 0.25) is 0 Å². The lowest BCUT2D eigenvalue weighted by molar-refractivity contribution is 1.24. The summed E-state index contributed by atoms with van der Waals surface area (Å²) in [7, 11) is 0. The third kappa shape index (κ3) is 2.84. The summed E-state index contributed by atoms with van der Waals surface area (Å²) in [6, 6.07) is 10.1. The molecule has 1 heterocycles. The molecule has 3 nitrogen and oxygen atoms in total. The van der Waals surface area contributed by atoms with Crippen molar-refractivity contribution in [2.24, 2.45) is 5.73 Å². The lowest BCUT2D eigenvalue weighted by Gasteiger charge is -1.95. The Balaban J connectivity index is 2.11.